The van der Waals surface area contributed by atoms with Crippen LogP contribution in [0.5, 0.6) is 5.88 Å². The van der Waals surface area contributed by atoms with E-state index in [1.807, 2.05) is 0 Å². The topological polar surface area (TPSA) is 103 Å². The van der Waals surface area contributed by atoms with E-state index >= 15 is 4.39 Å². The number of ether oxygens (including phenoxy) is 2. The van der Waals surface area contributed by atoms with Crippen LogP contribution < -0.4 is 9.46 Å². The molecule has 1 atom stereocenters. The lowest BCUT2D eigenvalue weighted by Gasteiger charge is -2.36. The van der Waals surface area contributed by atoms with E-state index in [1.54, 1.807) is 54.7 Å². The van der Waals surface area contributed by atoms with E-state index in [9.17, 15) is 8.42 Å². The Kier molecular flexibility index (Phi) is 6.74. The molecule has 5 rings (SSSR count). The molecule has 2 aromatic heterocycles. The predicted octanol–water partition coefficient (Wildman–Crippen LogP) is 5.12. The van der Waals surface area contributed by atoms with Gasteiger partial charge in [-0.3, -0.25) is 9.71 Å². The lowest BCUT2D eigenvalue weighted by Crippen LogP contribution is -2.40. The third-order valence-corrected chi connectivity index (χ3v) is 7.75. The third-order valence-electron chi connectivity index (χ3n) is 5.91. The monoisotopic (exact) mass is 528 g/mol. The first-order valence-electron chi connectivity index (χ1n) is 11.2. The van der Waals surface area contributed by atoms with Gasteiger partial charge in [-0.05, 0) is 30.3 Å². The quantitative estimate of drug-likeness (QED) is 0.355. The molecule has 1 fully saturated rings. The molecule has 186 valence electrons. The summed E-state index contributed by atoms with van der Waals surface area (Å²) in [5.41, 5.74) is -0.427. The molecule has 8 nitrogen and oxygen atoms in total. The number of aromatic nitrogens is 3. The number of benzene rings is 2. The van der Waals surface area contributed by atoms with Crippen LogP contribution in [0.3, 0.4) is 0 Å². The van der Waals surface area contributed by atoms with Crippen molar-refractivity contribution in [2.24, 2.45) is 0 Å². The number of para-hydroxylation sites is 2. The summed E-state index contributed by atoms with van der Waals surface area (Å²) in [5, 5.41) is 0.0411. The van der Waals surface area contributed by atoms with Crippen LogP contribution in [0.25, 0.3) is 11.0 Å². The first-order chi connectivity index (χ1) is 17.4. The van der Waals surface area contributed by atoms with E-state index in [0.717, 1.165) is 0 Å². The average Bonchev–Trinajstić information content (AvgIpc) is 2.88. The minimum atomic E-state index is -4.17. The summed E-state index contributed by atoms with van der Waals surface area (Å²) in [6.07, 6.45) is 2.15. The summed E-state index contributed by atoms with van der Waals surface area (Å²) >= 11 is 6.14. The van der Waals surface area contributed by atoms with Gasteiger partial charge in [-0.1, -0.05) is 41.9 Å². The number of anilines is 1. The number of alkyl halides is 1. The van der Waals surface area contributed by atoms with Gasteiger partial charge in [-0.2, -0.15) is 0 Å². The van der Waals surface area contributed by atoms with Crippen LogP contribution in [0.4, 0.5) is 10.2 Å². The molecule has 0 saturated carbocycles. The number of hydrogen-bond donors (Lipinski definition) is 1. The average molecular weight is 529 g/mol. The van der Waals surface area contributed by atoms with E-state index in [0.29, 0.717) is 16.6 Å². The van der Waals surface area contributed by atoms with Gasteiger partial charge in [0.15, 0.2) is 11.8 Å². The predicted molar refractivity (Wildman–Crippen MR) is 133 cm³/mol. The minimum absolute atomic E-state index is 0.0411. The molecule has 11 heteroatoms. The van der Waals surface area contributed by atoms with Crippen molar-refractivity contribution in [1.29, 1.82) is 0 Å². The van der Waals surface area contributed by atoms with Crippen molar-refractivity contribution in [3.63, 3.8) is 0 Å². The Balaban J connectivity index is 1.61. The van der Waals surface area contributed by atoms with E-state index in [2.05, 4.69) is 19.7 Å². The van der Waals surface area contributed by atoms with Crippen LogP contribution in [0, 0.1) is 0 Å². The number of sulfonamides is 1. The number of nitrogens with one attached hydrogen (secondary N) is 1. The Labute approximate surface area is 212 Å². The van der Waals surface area contributed by atoms with Gasteiger partial charge in [-0.15, -0.1) is 0 Å². The highest BCUT2D eigenvalue weighted by atomic mass is 35.5. The molecule has 4 aromatic rings. The molecule has 1 saturated heterocycles. The molecule has 1 N–H and O–H groups in total. The van der Waals surface area contributed by atoms with Crippen LogP contribution in [0.1, 0.15) is 24.5 Å². The largest absolute Gasteiger partial charge is 0.463 e. The molecular weight excluding hydrogens is 507 g/mol. The number of pyridine rings is 1. The van der Waals surface area contributed by atoms with Crippen LogP contribution in [0.2, 0.25) is 5.02 Å². The van der Waals surface area contributed by atoms with Crippen LogP contribution in [0.15, 0.2) is 78.0 Å². The summed E-state index contributed by atoms with van der Waals surface area (Å²) in [4.78, 5) is 12.9. The fourth-order valence-corrected chi connectivity index (χ4v) is 5.59. The molecule has 36 heavy (non-hydrogen) atoms. The van der Waals surface area contributed by atoms with Gasteiger partial charge in [0.1, 0.15) is 4.90 Å². The molecule has 0 aliphatic carbocycles. The Morgan fingerprint density at radius 2 is 1.69 bits per heavy atom. The van der Waals surface area contributed by atoms with Crippen molar-refractivity contribution in [1.82, 2.24) is 15.0 Å². The standard InChI is InChI=1S/C25H22ClFN4O4S/c26-18-7-1-4-10-21(18)36(32,33)31-23-24(30-20-9-3-2-8-19(20)29-23)35-22(17-6-5-13-28-16-17)25(27)11-14-34-15-12-25/h1-10,13,16,22H,11-12,14-15H2,(H,29,31). The second-order valence-electron chi connectivity index (χ2n) is 8.33. The first kappa shape index (κ1) is 24.4. The molecule has 1 unspecified atom stereocenters. The molecular formula is C25H22ClFN4O4S. The zero-order valence-corrected chi connectivity index (χ0v) is 20.5. The maximum absolute atomic E-state index is 16.3. The van der Waals surface area contributed by atoms with Crippen molar-refractivity contribution in [2.45, 2.75) is 29.5 Å². The Morgan fingerprint density at radius 1 is 1.00 bits per heavy atom. The number of nitrogens with zero attached hydrogens (tertiary/aromatic N) is 3. The lowest BCUT2D eigenvalue weighted by atomic mass is 9.86. The summed E-state index contributed by atoms with van der Waals surface area (Å²) in [6, 6.07) is 16.3. The molecule has 1 aliphatic rings. The molecule has 0 bridgehead atoms. The van der Waals surface area contributed by atoms with Crippen LogP contribution >= 0.6 is 11.6 Å². The van der Waals surface area contributed by atoms with Gasteiger partial charge in [0.2, 0.25) is 5.82 Å². The fourth-order valence-electron chi connectivity index (χ4n) is 4.07. The van der Waals surface area contributed by atoms with Crippen molar-refractivity contribution >= 4 is 38.5 Å². The third kappa shape index (κ3) is 4.97. The SMILES string of the molecule is O=S(=O)(Nc1nc2ccccc2nc1OC(c1cccnc1)C1(F)CCOCC1)c1ccccc1Cl. The Bertz CT molecular complexity index is 1480. The van der Waals surface area contributed by atoms with Gasteiger partial charge in [-0.25, -0.2) is 22.8 Å². The summed E-state index contributed by atoms with van der Waals surface area (Å²) in [5.74, 6) is -0.347. The molecule has 0 spiro atoms. The van der Waals surface area contributed by atoms with Gasteiger partial charge < -0.3 is 9.47 Å². The zero-order valence-electron chi connectivity index (χ0n) is 19.0. The summed E-state index contributed by atoms with van der Waals surface area (Å²) in [7, 11) is -4.17. The van der Waals surface area contributed by atoms with Crippen molar-refractivity contribution in [3.05, 3.63) is 83.6 Å². The maximum Gasteiger partial charge on any atom is 0.264 e. The fraction of sp³-hybridized carbons (Fsp3) is 0.240. The van der Waals surface area contributed by atoms with E-state index < -0.39 is 21.8 Å². The van der Waals surface area contributed by atoms with E-state index in [-0.39, 0.29) is 47.7 Å². The van der Waals surface area contributed by atoms with Crippen molar-refractivity contribution in [2.75, 3.05) is 17.9 Å². The first-order valence-corrected chi connectivity index (χ1v) is 13.1. The molecule has 0 radical (unpaired) electrons. The highest BCUT2D eigenvalue weighted by Gasteiger charge is 2.44. The molecule has 2 aromatic carbocycles. The lowest BCUT2D eigenvalue weighted by molar-refractivity contribution is -0.0742. The van der Waals surface area contributed by atoms with Crippen molar-refractivity contribution in [3.8, 4) is 5.88 Å². The Hall–Kier alpha value is -3.34. The highest BCUT2D eigenvalue weighted by molar-refractivity contribution is 7.92. The smallest absolute Gasteiger partial charge is 0.264 e. The van der Waals surface area contributed by atoms with E-state index in [4.69, 9.17) is 21.1 Å². The maximum atomic E-state index is 16.3. The normalized spacial score (nSPS) is 16.4. The molecule has 0 amide bonds. The van der Waals surface area contributed by atoms with Crippen LogP contribution in [-0.4, -0.2) is 42.3 Å². The van der Waals surface area contributed by atoms with Gasteiger partial charge >= 0.3 is 0 Å². The zero-order chi connectivity index (χ0) is 25.2. The number of rotatable bonds is 7. The number of halogens is 2. The van der Waals surface area contributed by atoms with Gasteiger partial charge in [0.25, 0.3) is 15.9 Å². The summed E-state index contributed by atoms with van der Waals surface area (Å²) < 4.78 is 56.7. The number of fused-ring (bicyclic) bond motifs is 1. The second-order valence-corrected chi connectivity index (χ2v) is 10.4. The Morgan fingerprint density at radius 3 is 2.39 bits per heavy atom. The summed E-state index contributed by atoms with van der Waals surface area (Å²) in [6.45, 7) is 0.456. The van der Waals surface area contributed by atoms with Crippen molar-refractivity contribution < 1.29 is 22.3 Å². The minimum Gasteiger partial charge on any atom is -0.463 e. The molecule has 3 heterocycles. The van der Waals surface area contributed by atoms with E-state index in [1.165, 1.54) is 18.3 Å². The van der Waals surface area contributed by atoms with Gasteiger partial charge in [0, 0.05) is 44.0 Å². The highest BCUT2D eigenvalue weighted by Crippen LogP contribution is 2.42. The number of hydrogen-bond acceptors (Lipinski definition) is 7. The molecule has 1 aliphatic heterocycles. The van der Waals surface area contributed by atoms with Crippen LogP contribution in [-0.2, 0) is 14.8 Å². The van der Waals surface area contributed by atoms with Gasteiger partial charge in [0.05, 0.1) is 16.1 Å². The second kappa shape index (κ2) is 9.96.